The van der Waals surface area contributed by atoms with Crippen molar-refractivity contribution in [3.8, 4) is 5.75 Å². The lowest BCUT2D eigenvalue weighted by Gasteiger charge is -2.13. The number of aryl methyl sites for hydroxylation is 1. The fourth-order valence-corrected chi connectivity index (χ4v) is 4.06. The van der Waals surface area contributed by atoms with Gasteiger partial charge in [0.15, 0.2) is 0 Å². The molecule has 0 aliphatic heterocycles. The zero-order chi connectivity index (χ0) is 21.3. The maximum Gasteiger partial charge on any atom is 0.332 e. The number of hydrogen-bond donors (Lipinski definition) is 1. The lowest BCUT2D eigenvalue weighted by Crippen LogP contribution is -2.41. The molecule has 0 atom stereocenters. The molecule has 0 radical (unpaired) electrons. The van der Waals surface area contributed by atoms with Gasteiger partial charge in [0.25, 0.3) is 5.56 Å². The quantitative estimate of drug-likeness (QED) is 0.513. The van der Waals surface area contributed by atoms with E-state index in [9.17, 15) is 14.4 Å². The summed E-state index contributed by atoms with van der Waals surface area (Å²) < 4.78 is 13.4. The van der Waals surface area contributed by atoms with E-state index in [1.54, 1.807) is 29.6 Å². The van der Waals surface area contributed by atoms with Gasteiger partial charge < -0.3 is 14.5 Å². The molecule has 0 spiro atoms. The number of benzene rings is 1. The zero-order valence-electron chi connectivity index (χ0n) is 16.4. The molecule has 30 heavy (non-hydrogen) atoms. The van der Waals surface area contributed by atoms with Gasteiger partial charge in [0, 0.05) is 0 Å². The average molecular weight is 425 g/mol. The van der Waals surface area contributed by atoms with Gasteiger partial charge in [0.05, 0.1) is 31.1 Å². The van der Waals surface area contributed by atoms with Gasteiger partial charge in [-0.05, 0) is 48.2 Å². The number of nitrogens with zero attached hydrogens (tertiary/aromatic N) is 2. The van der Waals surface area contributed by atoms with E-state index in [4.69, 9.17) is 9.15 Å². The van der Waals surface area contributed by atoms with Crippen molar-refractivity contribution in [2.45, 2.75) is 20.0 Å². The molecule has 3 heterocycles. The molecule has 0 saturated carbocycles. The lowest BCUT2D eigenvalue weighted by molar-refractivity contribution is -0.116. The molecular formula is C21H19N3O5S. The number of amides is 1. The number of rotatable bonds is 6. The van der Waals surface area contributed by atoms with Gasteiger partial charge in [0.1, 0.15) is 22.8 Å². The highest BCUT2D eigenvalue weighted by Crippen LogP contribution is 2.25. The Morgan fingerprint density at radius 2 is 2.03 bits per heavy atom. The zero-order valence-corrected chi connectivity index (χ0v) is 17.2. The van der Waals surface area contributed by atoms with Crippen LogP contribution in [0.4, 0.5) is 5.69 Å². The van der Waals surface area contributed by atoms with Crippen LogP contribution in [-0.4, -0.2) is 22.2 Å². The number of nitrogens with one attached hydrogen (secondary N) is 1. The third-order valence-electron chi connectivity index (χ3n) is 4.66. The fourth-order valence-electron chi connectivity index (χ4n) is 3.22. The van der Waals surface area contributed by atoms with Crippen molar-refractivity contribution in [3.63, 3.8) is 0 Å². The predicted octanol–water partition coefficient (Wildman–Crippen LogP) is 2.82. The molecule has 4 rings (SSSR count). The molecule has 0 aliphatic carbocycles. The highest BCUT2D eigenvalue weighted by atomic mass is 32.1. The van der Waals surface area contributed by atoms with Crippen molar-refractivity contribution in [1.82, 2.24) is 9.13 Å². The molecule has 0 bridgehead atoms. The molecule has 0 unspecified atom stereocenters. The first-order valence-corrected chi connectivity index (χ1v) is 10.0. The molecular weight excluding hydrogens is 406 g/mol. The summed E-state index contributed by atoms with van der Waals surface area (Å²) in [5.41, 5.74) is 0.945. The first kappa shape index (κ1) is 19.7. The molecule has 3 aromatic heterocycles. The predicted molar refractivity (Wildman–Crippen MR) is 115 cm³/mol. The Bertz CT molecular complexity index is 1330. The largest absolute Gasteiger partial charge is 0.495 e. The van der Waals surface area contributed by atoms with Gasteiger partial charge >= 0.3 is 5.69 Å². The summed E-state index contributed by atoms with van der Waals surface area (Å²) in [5, 5.41) is 4.50. The second kappa shape index (κ2) is 8.03. The molecule has 1 amide bonds. The van der Waals surface area contributed by atoms with E-state index < -0.39 is 17.2 Å². The first-order valence-electron chi connectivity index (χ1n) is 9.15. The summed E-state index contributed by atoms with van der Waals surface area (Å²) in [5.74, 6) is 0.597. The number of anilines is 1. The molecule has 0 saturated heterocycles. The van der Waals surface area contributed by atoms with Gasteiger partial charge in [-0.25, -0.2) is 4.79 Å². The Kier molecular flexibility index (Phi) is 5.28. The SMILES string of the molecule is COc1cc(C)ccc1NC(=O)Cn1c(=O)n(Cc2ccco2)c(=O)c2sccc21. The Morgan fingerprint density at radius 3 is 2.77 bits per heavy atom. The van der Waals surface area contributed by atoms with E-state index in [0.29, 0.717) is 27.4 Å². The Morgan fingerprint density at radius 1 is 1.20 bits per heavy atom. The number of carbonyl (C=O) groups excluding carboxylic acids is 1. The summed E-state index contributed by atoms with van der Waals surface area (Å²) in [6, 6.07) is 10.4. The topological polar surface area (TPSA) is 95.5 Å². The number of hydrogen-bond acceptors (Lipinski definition) is 6. The number of methoxy groups -OCH3 is 1. The van der Waals surface area contributed by atoms with Crippen LogP contribution in [0, 0.1) is 6.92 Å². The smallest absolute Gasteiger partial charge is 0.332 e. The van der Waals surface area contributed by atoms with Crippen LogP contribution >= 0.6 is 11.3 Å². The minimum atomic E-state index is -0.576. The van der Waals surface area contributed by atoms with Crippen molar-refractivity contribution in [1.29, 1.82) is 0 Å². The van der Waals surface area contributed by atoms with Crippen molar-refractivity contribution >= 4 is 33.1 Å². The number of fused-ring (bicyclic) bond motifs is 1. The van der Waals surface area contributed by atoms with Crippen LogP contribution in [0.2, 0.25) is 0 Å². The first-order chi connectivity index (χ1) is 14.5. The minimum absolute atomic E-state index is 0.00803. The van der Waals surface area contributed by atoms with Gasteiger partial charge in [-0.3, -0.25) is 18.7 Å². The third-order valence-corrected chi connectivity index (χ3v) is 5.55. The second-order valence-corrected chi connectivity index (χ2v) is 7.64. The summed E-state index contributed by atoms with van der Waals surface area (Å²) in [6.45, 7) is 1.66. The molecule has 9 heteroatoms. The molecule has 1 N–H and O–H groups in total. The van der Waals surface area contributed by atoms with Crippen LogP contribution in [-0.2, 0) is 17.9 Å². The number of carbonyl (C=O) groups is 1. The highest BCUT2D eigenvalue weighted by Gasteiger charge is 2.18. The summed E-state index contributed by atoms with van der Waals surface area (Å²) >= 11 is 1.23. The number of furan rings is 1. The molecule has 4 aromatic rings. The molecule has 154 valence electrons. The second-order valence-electron chi connectivity index (χ2n) is 6.73. The molecule has 0 fully saturated rings. The van der Waals surface area contributed by atoms with E-state index >= 15 is 0 Å². The van der Waals surface area contributed by atoms with Crippen molar-refractivity contribution in [2.24, 2.45) is 0 Å². The van der Waals surface area contributed by atoms with E-state index in [0.717, 1.165) is 10.1 Å². The number of thiophene rings is 1. The van der Waals surface area contributed by atoms with Crippen molar-refractivity contribution < 1.29 is 13.9 Å². The Balaban J connectivity index is 1.70. The normalized spacial score (nSPS) is 11.0. The van der Waals surface area contributed by atoms with Gasteiger partial charge in [-0.1, -0.05) is 6.07 Å². The van der Waals surface area contributed by atoms with E-state index in [2.05, 4.69) is 5.32 Å². The maximum absolute atomic E-state index is 13.1. The molecule has 1 aromatic carbocycles. The average Bonchev–Trinajstić information content (AvgIpc) is 3.42. The lowest BCUT2D eigenvalue weighted by atomic mass is 10.2. The molecule has 0 aliphatic rings. The van der Waals surface area contributed by atoms with Crippen LogP contribution in [0.15, 0.2) is 62.0 Å². The van der Waals surface area contributed by atoms with Crippen LogP contribution in [0.5, 0.6) is 5.75 Å². The van der Waals surface area contributed by atoms with Crippen LogP contribution in [0.25, 0.3) is 10.2 Å². The van der Waals surface area contributed by atoms with E-state index in [1.165, 1.54) is 29.3 Å². The fraction of sp³-hybridized carbons (Fsp3) is 0.190. The standard InChI is InChI=1S/C21H19N3O5S/c1-13-5-6-15(17(10-13)28-2)22-18(25)12-23-16-7-9-30-19(16)20(26)24(21(23)27)11-14-4-3-8-29-14/h3-10H,11-12H2,1-2H3,(H,22,25). The Labute approximate surface area is 174 Å². The van der Waals surface area contributed by atoms with E-state index in [1.807, 2.05) is 19.1 Å². The van der Waals surface area contributed by atoms with Crippen LogP contribution in [0.3, 0.4) is 0 Å². The Hall–Kier alpha value is -3.59. The number of aromatic nitrogens is 2. The number of ether oxygens (including phenoxy) is 1. The van der Waals surface area contributed by atoms with Gasteiger partial charge in [-0.2, -0.15) is 0 Å². The van der Waals surface area contributed by atoms with E-state index in [-0.39, 0.29) is 13.1 Å². The van der Waals surface area contributed by atoms with Gasteiger partial charge in [0.2, 0.25) is 5.91 Å². The summed E-state index contributed by atoms with van der Waals surface area (Å²) in [7, 11) is 1.52. The highest BCUT2D eigenvalue weighted by molar-refractivity contribution is 7.17. The van der Waals surface area contributed by atoms with Crippen LogP contribution in [0.1, 0.15) is 11.3 Å². The summed E-state index contributed by atoms with van der Waals surface area (Å²) in [6.07, 6.45) is 1.48. The third kappa shape index (κ3) is 3.67. The van der Waals surface area contributed by atoms with Crippen molar-refractivity contribution in [3.05, 3.63) is 80.2 Å². The molecule has 8 nitrogen and oxygen atoms in total. The van der Waals surface area contributed by atoms with Crippen molar-refractivity contribution in [2.75, 3.05) is 12.4 Å². The minimum Gasteiger partial charge on any atom is -0.495 e. The van der Waals surface area contributed by atoms with Crippen LogP contribution < -0.4 is 21.3 Å². The van der Waals surface area contributed by atoms with Gasteiger partial charge in [-0.15, -0.1) is 11.3 Å². The maximum atomic E-state index is 13.1. The monoisotopic (exact) mass is 425 g/mol. The summed E-state index contributed by atoms with van der Waals surface area (Å²) in [4.78, 5) is 38.6.